The van der Waals surface area contributed by atoms with Gasteiger partial charge in [-0.15, -0.1) is 11.3 Å². The van der Waals surface area contributed by atoms with Crippen LogP contribution in [0, 0.1) is 5.82 Å². The summed E-state index contributed by atoms with van der Waals surface area (Å²) in [5.41, 5.74) is 1.75. The van der Waals surface area contributed by atoms with Crippen LogP contribution < -0.4 is 5.32 Å². The molecule has 0 saturated carbocycles. The van der Waals surface area contributed by atoms with Gasteiger partial charge in [-0.2, -0.15) is 0 Å². The molecule has 1 amide bonds. The molecular formula is C19H17FN2O2S2. The van der Waals surface area contributed by atoms with Crippen molar-refractivity contribution in [1.82, 2.24) is 10.3 Å². The molecule has 0 fully saturated rings. The molecule has 3 aromatic rings. The Morgan fingerprint density at radius 2 is 2.04 bits per heavy atom. The molecule has 4 nitrogen and oxygen atoms in total. The Labute approximate surface area is 158 Å². The summed E-state index contributed by atoms with van der Waals surface area (Å²) in [5.74, 6) is -0.498. The number of amides is 1. The van der Waals surface area contributed by atoms with Crippen molar-refractivity contribution in [2.45, 2.75) is 17.7 Å². The molecule has 0 aliphatic heterocycles. The zero-order chi connectivity index (χ0) is 18.5. The van der Waals surface area contributed by atoms with Gasteiger partial charge in [0.2, 0.25) is 5.91 Å². The maximum absolute atomic E-state index is 14.2. The SMILES string of the molecule is CC(=O)NCCc1ccc(C(=O)CSc2nc3ccccc3s2)cc1F. The van der Waals surface area contributed by atoms with Crippen LogP contribution in [0.1, 0.15) is 22.8 Å². The Morgan fingerprint density at radius 1 is 1.23 bits per heavy atom. The average molecular weight is 388 g/mol. The van der Waals surface area contributed by atoms with E-state index in [9.17, 15) is 14.0 Å². The van der Waals surface area contributed by atoms with E-state index in [-0.39, 0.29) is 17.4 Å². The molecule has 0 atom stereocenters. The van der Waals surface area contributed by atoms with E-state index in [1.807, 2.05) is 24.3 Å². The Hall–Kier alpha value is -2.25. The van der Waals surface area contributed by atoms with Crippen molar-refractivity contribution >= 4 is 45.0 Å². The number of rotatable bonds is 7. The first kappa shape index (κ1) is 18.5. The minimum atomic E-state index is -0.425. The second-order valence-electron chi connectivity index (χ2n) is 5.70. The number of fused-ring (bicyclic) bond motifs is 1. The average Bonchev–Trinajstić information content (AvgIpc) is 3.03. The quantitative estimate of drug-likeness (QED) is 0.489. The number of para-hydroxylation sites is 1. The van der Waals surface area contributed by atoms with E-state index >= 15 is 0 Å². The molecule has 1 heterocycles. The Morgan fingerprint density at radius 3 is 2.77 bits per heavy atom. The number of ketones is 1. The molecule has 0 unspecified atom stereocenters. The topological polar surface area (TPSA) is 59.1 Å². The van der Waals surface area contributed by atoms with Crippen molar-refractivity contribution in [3.63, 3.8) is 0 Å². The molecule has 26 heavy (non-hydrogen) atoms. The number of Topliss-reactive ketones (excluding diaryl/α,β-unsaturated/α-hetero) is 1. The maximum Gasteiger partial charge on any atom is 0.216 e. The summed E-state index contributed by atoms with van der Waals surface area (Å²) < 4.78 is 16.1. The summed E-state index contributed by atoms with van der Waals surface area (Å²) in [6.07, 6.45) is 0.389. The van der Waals surface area contributed by atoms with Gasteiger partial charge in [-0.05, 0) is 30.2 Å². The highest BCUT2D eigenvalue weighted by molar-refractivity contribution is 8.01. The summed E-state index contributed by atoms with van der Waals surface area (Å²) in [6.45, 7) is 1.79. The number of thiazole rings is 1. The molecule has 0 aliphatic rings. The van der Waals surface area contributed by atoms with Gasteiger partial charge in [0.05, 0.1) is 16.0 Å². The van der Waals surface area contributed by atoms with Crippen molar-refractivity contribution in [3.05, 3.63) is 59.4 Å². The van der Waals surface area contributed by atoms with Gasteiger partial charge in [0.25, 0.3) is 0 Å². The first-order valence-corrected chi connectivity index (χ1v) is 9.87. The Kier molecular flexibility index (Phi) is 6.00. The van der Waals surface area contributed by atoms with Gasteiger partial charge in [0.1, 0.15) is 5.82 Å². The maximum atomic E-state index is 14.2. The molecule has 2 aromatic carbocycles. The fraction of sp³-hybridized carbons (Fsp3) is 0.211. The number of nitrogens with one attached hydrogen (secondary N) is 1. The smallest absolute Gasteiger partial charge is 0.216 e. The molecule has 0 bridgehead atoms. The number of hydrogen-bond acceptors (Lipinski definition) is 5. The van der Waals surface area contributed by atoms with E-state index in [0.29, 0.717) is 24.1 Å². The third kappa shape index (κ3) is 4.68. The normalized spacial score (nSPS) is 10.8. The van der Waals surface area contributed by atoms with Crippen LogP contribution in [0.15, 0.2) is 46.8 Å². The summed E-state index contributed by atoms with van der Waals surface area (Å²) in [4.78, 5) is 27.7. The third-order valence-electron chi connectivity index (χ3n) is 3.74. The zero-order valence-electron chi connectivity index (χ0n) is 14.1. The van der Waals surface area contributed by atoms with Crippen LogP contribution in [0.3, 0.4) is 0 Å². The standard InChI is InChI=1S/C19H17FN2O2S2/c1-12(23)21-9-8-13-6-7-14(10-15(13)20)17(24)11-25-19-22-16-4-2-3-5-18(16)26-19/h2-7,10H,8-9,11H2,1H3,(H,21,23). The second kappa shape index (κ2) is 8.42. The monoisotopic (exact) mass is 388 g/mol. The molecule has 0 aliphatic carbocycles. The van der Waals surface area contributed by atoms with Gasteiger partial charge in [0.15, 0.2) is 10.1 Å². The third-order valence-corrected chi connectivity index (χ3v) is 5.92. The van der Waals surface area contributed by atoms with Gasteiger partial charge in [-0.3, -0.25) is 9.59 Å². The van der Waals surface area contributed by atoms with Crippen LogP contribution >= 0.6 is 23.1 Å². The van der Waals surface area contributed by atoms with Crippen LogP contribution in [-0.4, -0.2) is 29.0 Å². The van der Waals surface area contributed by atoms with Crippen molar-refractivity contribution < 1.29 is 14.0 Å². The lowest BCUT2D eigenvalue weighted by Crippen LogP contribution is -2.22. The number of carbonyl (C=O) groups is 2. The van der Waals surface area contributed by atoms with Crippen LogP contribution in [-0.2, 0) is 11.2 Å². The van der Waals surface area contributed by atoms with Gasteiger partial charge in [-0.25, -0.2) is 9.37 Å². The number of carbonyl (C=O) groups excluding carboxylic acids is 2. The highest BCUT2D eigenvalue weighted by Crippen LogP contribution is 2.29. The minimum Gasteiger partial charge on any atom is -0.356 e. The summed E-state index contributed by atoms with van der Waals surface area (Å²) in [6, 6.07) is 12.3. The highest BCUT2D eigenvalue weighted by atomic mass is 32.2. The molecule has 7 heteroatoms. The predicted molar refractivity (Wildman–Crippen MR) is 103 cm³/mol. The van der Waals surface area contributed by atoms with Gasteiger partial charge >= 0.3 is 0 Å². The van der Waals surface area contributed by atoms with E-state index < -0.39 is 5.82 Å². The van der Waals surface area contributed by atoms with Gasteiger partial charge < -0.3 is 5.32 Å². The molecular weight excluding hydrogens is 371 g/mol. The lowest BCUT2D eigenvalue weighted by atomic mass is 10.1. The number of thioether (sulfide) groups is 1. The molecule has 1 aromatic heterocycles. The molecule has 134 valence electrons. The fourth-order valence-corrected chi connectivity index (χ4v) is 4.38. The molecule has 3 rings (SSSR count). The number of nitrogens with zero attached hydrogens (tertiary/aromatic N) is 1. The molecule has 1 N–H and O–H groups in total. The van der Waals surface area contributed by atoms with Crippen molar-refractivity contribution in [3.8, 4) is 0 Å². The number of hydrogen-bond donors (Lipinski definition) is 1. The number of halogens is 1. The van der Waals surface area contributed by atoms with Crippen LogP contribution in [0.25, 0.3) is 10.2 Å². The zero-order valence-corrected chi connectivity index (χ0v) is 15.8. The van der Waals surface area contributed by atoms with E-state index in [2.05, 4.69) is 10.3 Å². The van der Waals surface area contributed by atoms with Crippen molar-refractivity contribution in [2.24, 2.45) is 0 Å². The minimum absolute atomic E-state index is 0.137. The Balaban J connectivity index is 1.60. The first-order valence-electron chi connectivity index (χ1n) is 8.07. The predicted octanol–water partition coefficient (Wildman–Crippen LogP) is 4.09. The highest BCUT2D eigenvalue weighted by Gasteiger charge is 2.12. The number of benzene rings is 2. The largest absolute Gasteiger partial charge is 0.356 e. The van der Waals surface area contributed by atoms with Crippen LogP contribution in [0.5, 0.6) is 0 Å². The molecule has 0 radical (unpaired) electrons. The van der Waals surface area contributed by atoms with Crippen molar-refractivity contribution in [1.29, 1.82) is 0 Å². The van der Waals surface area contributed by atoms with Gasteiger partial charge in [-0.1, -0.05) is 36.0 Å². The van der Waals surface area contributed by atoms with E-state index in [1.54, 1.807) is 23.5 Å². The lowest BCUT2D eigenvalue weighted by Gasteiger charge is -2.06. The lowest BCUT2D eigenvalue weighted by molar-refractivity contribution is -0.118. The second-order valence-corrected chi connectivity index (χ2v) is 7.95. The van der Waals surface area contributed by atoms with Crippen LogP contribution in [0.4, 0.5) is 4.39 Å². The summed E-state index contributed by atoms with van der Waals surface area (Å²) in [5, 5.41) is 2.63. The first-order chi connectivity index (χ1) is 12.5. The summed E-state index contributed by atoms with van der Waals surface area (Å²) in [7, 11) is 0. The van der Waals surface area contributed by atoms with Crippen LogP contribution in [0.2, 0.25) is 0 Å². The Bertz CT molecular complexity index is 923. The molecule has 0 saturated heterocycles. The summed E-state index contributed by atoms with van der Waals surface area (Å²) >= 11 is 2.91. The fourth-order valence-electron chi connectivity index (χ4n) is 2.42. The number of aromatic nitrogens is 1. The van der Waals surface area contributed by atoms with E-state index in [4.69, 9.17) is 0 Å². The van der Waals surface area contributed by atoms with E-state index in [0.717, 1.165) is 14.6 Å². The molecule has 0 spiro atoms. The van der Waals surface area contributed by atoms with E-state index in [1.165, 1.54) is 24.8 Å². The van der Waals surface area contributed by atoms with Crippen molar-refractivity contribution in [2.75, 3.05) is 12.3 Å². The van der Waals surface area contributed by atoms with Gasteiger partial charge in [0, 0.05) is 19.0 Å².